The number of urea groups is 1. The van der Waals surface area contributed by atoms with Crippen LogP contribution in [0.2, 0.25) is 0 Å². The number of alkyl halides is 3. The molecule has 5 rings (SSSR count). The highest BCUT2D eigenvalue weighted by Gasteiger charge is 2.36. The third kappa shape index (κ3) is 4.53. The van der Waals surface area contributed by atoms with Crippen molar-refractivity contribution in [2.24, 2.45) is 0 Å². The average molecular weight is 473 g/mol. The number of benzene rings is 1. The number of anilines is 3. The van der Waals surface area contributed by atoms with Crippen LogP contribution in [-0.4, -0.2) is 52.1 Å². The van der Waals surface area contributed by atoms with Crippen molar-refractivity contribution in [1.29, 1.82) is 0 Å². The van der Waals surface area contributed by atoms with E-state index in [2.05, 4.69) is 25.7 Å². The van der Waals surface area contributed by atoms with Crippen LogP contribution in [0.25, 0.3) is 11.3 Å². The van der Waals surface area contributed by atoms with E-state index >= 15 is 0 Å². The summed E-state index contributed by atoms with van der Waals surface area (Å²) in [7, 11) is 0. The zero-order chi connectivity index (χ0) is 23.7. The number of carbonyl (C=O) groups is 1. The molecular weight excluding hydrogens is 451 g/mol. The largest absolute Gasteiger partial charge is 0.419 e. The van der Waals surface area contributed by atoms with Gasteiger partial charge in [-0.2, -0.15) is 18.3 Å². The Labute approximate surface area is 192 Å². The van der Waals surface area contributed by atoms with Crippen molar-refractivity contribution in [2.45, 2.75) is 25.1 Å². The van der Waals surface area contributed by atoms with Gasteiger partial charge >= 0.3 is 12.2 Å². The van der Waals surface area contributed by atoms with E-state index in [4.69, 9.17) is 4.74 Å². The fraction of sp³-hybridized carbons (Fsp3) is 0.364. The lowest BCUT2D eigenvalue weighted by Crippen LogP contribution is -2.27. The summed E-state index contributed by atoms with van der Waals surface area (Å²) >= 11 is 0. The van der Waals surface area contributed by atoms with Crippen LogP contribution in [-0.2, 0) is 10.9 Å². The maximum absolute atomic E-state index is 13.7. The number of halogens is 3. The highest BCUT2D eigenvalue weighted by Crippen LogP contribution is 2.37. The number of ether oxygens (including phenoxy) is 1. The SMILES string of the molecule is O=C1NCCN1c1ccc(Nc2ncc(C(F)(F)F)c(-c3cnn(C4CCOCC4)c3)n2)cc1. The zero-order valence-electron chi connectivity index (χ0n) is 18.0. The second-order valence-electron chi connectivity index (χ2n) is 8.06. The van der Waals surface area contributed by atoms with E-state index in [9.17, 15) is 18.0 Å². The predicted molar refractivity (Wildman–Crippen MR) is 118 cm³/mol. The summed E-state index contributed by atoms with van der Waals surface area (Å²) in [6.45, 7) is 2.33. The number of nitrogens with zero attached hydrogens (tertiary/aromatic N) is 5. The summed E-state index contributed by atoms with van der Waals surface area (Å²) in [5, 5.41) is 9.95. The summed E-state index contributed by atoms with van der Waals surface area (Å²) < 4.78 is 48.1. The van der Waals surface area contributed by atoms with Crippen LogP contribution in [0.4, 0.5) is 35.3 Å². The monoisotopic (exact) mass is 473 g/mol. The summed E-state index contributed by atoms with van der Waals surface area (Å²) in [5.74, 6) is 0.0217. The van der Waals surface area contributed by atoms with Crippen molar-refractivity contribution in [1.82, 2.24) is 25.1 Å². The standard InChI is InChI=1S/C22H22F3N7O2/c23-22(24,25)18-12-27-20(29-15-1-3-16(4-2-15)31-8-7-26-21(31)33)30-19(18)14-11-28-32(13-14)17-5-9-34-10-6-17/h1-4,11-13,17H,5-10H2,(H,26,33)(H,27,29,30). The Hall–Kier alpha value is -3.67. The van der Waals surface area contributed by atoms with Gasteiger partial charge < -0.3 is 15.4 Å². The average Bonchev–Trinajstić information content (AvgIpc) is 3.49. The summed E-state index contributed by atoms with van der Waals surface area (Å²) in [6.07, 6.45) is 0.643. The molecule has 34 heavy (non-hydrogen) atoms. The van der Waals surface area contributed by atoms with Crippen LogP contribution < -0.4 is 15.5 Å². The molecule has 0 spiro atoms. The molecule has 0 saturated carbocycles. The molecule has 0 aliphatic carbocycles. The van der Waals surface area contributed by atoms with Gasteiger partial charge in [0.1, 0.15) is 5.56 Å². The van der Waals surface area contributed by atoms with Gasteiger partial charge in [-0.15, -0.1) is 0 Å². The van der Waals surface area contributed by atoms with E-state index in [1.165, 1.54) is 6.20 Å². The van der Waals surface area contributed by atoms with Crippen molar-refractivity contribution in [2.75, 3.05) is 36.5 Å². The summed E-state index contributed by atoms with van der Waals surface area (Å²) in [4.78, 5) is 21.5. The Morgan fingerprint density at radius 1 is 1.12 bits per heavy atom. The Morgan fingerprint density at radius 3 is 2.56 bits per heavy atom. The molecule has 9 nitrogen and oxygen atoms in total. The quantitative estimate of drug-likeness (QED) is 0.582. The van der Waals surface area contributed by atoms with Crippen molar-refractivity contribution in [3.05, 3.63) is 48.4 Å². The molecule has 2 saturated heterocycles. The molecule has 2 aliphatic heterocycles. The second-order valence-corrected chi connectivity index (χ2v) is 8.06. The van der Waals surface area contributed by atoms with E-state index < -0.39 is 11.7 Å². The lowest BCUT2D eigenvalue weighted by molar-refractivity contribution is -0.137. The first-order chi connectivity index (χ1) is 16.4. The zero-order valence-corrected chi connectivity index (χ0v) is 18.0. The van der Waals surface area contributed by atoms with Crippen LogP contribution in [0, 0.1) is 0 Å². The van der Waals surface area contributed by atoms with Crippen LogP contribution >= 0.6 is 0 Å². The maximum atomic E-state index is 13.7. The van der Waals surface area contributed by atoms with Crippen LogP contribution in [0.3, 0.4) is 0 Å². The normalized spacial score (nSPS) is 17.1. The van der Waals surface area contributed by atoms with Crippen LogP contribution in [0.1, 0.15) is 24.4 Å². The van der Waals surface area contributed by atoms with Crippen molar-refractivity contribution in [3.8, 4) is 11.3 Å². The number of rotatable bonds is 5. The number of amides is 2. The minimum Gasteiger partial charge on any atom is -0.381 e. The molecule has 3 aromatic rings. The van der Waals surface area contributed by atoms with Crippen LogP contribution in [0.15, 0.2) is 42.9 Å². The first kappa shape index (κ1) is 22.1. The fourth-order valence-corrected chi connectivity index (χ4v) is 4.05. The number of hydrogen-bond donors (Lipinski definition) is 2. The summed E-state index contributed by atoms with van der Waals surface area (Å²) in [6, 6.07) is 6.83. The van der Waals surface area contributed by atoms with Gasteiger partial charge in [0.15, 0.2) is 0 Å². The van der Waals surface area contributed by atoms with Gasteiger partial charge in [-0.05, 0) is 37.1 Å². The molecule has 4 heterocycles. The Morgan fingerprint density at radius 2 is 1.88 bits per heavy atom. The minimum absolute atomic E-state index is 0.0217. The highest BCUT2D eigenvalue weighted by molar-refractivity contribution is 5.94. The Bertz CT molecular complexity index is 1170. The Balaban J connectivity index is 1.40. The van der Waals surface area contributed by atoms with E-state index in [1.807, 2.05) is 0 Å². The number of carbonyl (C=O) groups excluding carboxylic acids is 1. The molecule has 0 unspecified atom stereocenters. The molecule has 2 amide bonds. The molecule has 2 N–H and O–H groups in total. The molecule has 1 aromatic carbocycles. The first-order valence-corrected chi connectivity index (χ1v) is 10.9. The molecule has 2 fully saturated rings. The van der Waals surface area contributed by atoms with Gasteiger partial charge in [0.25, 0.3) is 0 Å². The number of nitrogens with one attached hydrogen (secondary N) is 2. The topological polar surface area (TPSA) is 97.2 Å². The molecule has 0 atom stereocenters. The third-order valence-electron chi connectivity index (χ3n) is 5.83. The lowest BCUT2D eigenvalue weighted by Gasteiger charge is -2.22. The Kier molecular flexibility index (Phi) is 5.82. The van der Waals surface area contributed by atoms with E-state index in [0.717, 1.165) is 24.7 Å². The molecule has 0 bridgehead atoms. The van der Waals surface area contributed by atoms with Gasteiger partial charge in [-0.3, -0.25) is 9.58 Å². The molecule has 178 valence electrons. The van der Waals surface area contributed by atoms with Gasteiger partial charge in [-0.25, -0.2) is 14.8 Å². The first-order valence-electron chi connectivity index (χ1n) is 10.9. The highest BCUT2D eigenvalue weighted by atomic mass is 19.4. The summed E-state index contributed by atoms with van der Waals surface area (Å²) in [5.41, 5.74) is 0.385. The molecule has 12 heteroatoms. The minimum atomic E-state index is -4.62. The van der Waals surface area contributed by atoms with Crippen LogP contribution in [0.5, 0.6) is 0 Å². The predicted octanol–water partition coefficient (Wildman–Crippen LogP) is 3.98. The molecule has 0 radical (unpaired) electrons. The van der Waals surface area contributed by atoms with E-state index in [1.54, 1.807) is 40.0 Å². The van der Waals surface area contributed by atoms with Crippen molar-refractivity contribution < 1.29 is 22.7 Å². The maximum Gasteiger partial charge on any atom is 0.419 e. The molecule has 2 aromatic heterocycles. The van der Waals surface area contributed by atoms with Crippen molar-refractivity contribution >= 4 is 23.4 Å². The van der Waals surface area contributed by atoms with Crippen molar-refractivity contribution in [3.63, 3.8) is 0 Å². The van der Waals surface area contributed by atoms with E-state index in [0.29, 0.717) is 32.0 Å². The number of hydrogen-bond acceptors (Lipinski definition) is 6. The third-order valence-corrected chi connectivity index (χ3v) is 5.83. The van der Waals surface area contributed by atoms with Gasteiger partial charge in [-0.1, -0.05) is 0 Å². The van der Waals surface area contributed by atoms with E-state index in [-0.39, 0.29) is 29.3 Å². The lowest BCUT2D eigenvalue weighted by atomic mass is 10.1. The van der Waals surface area contributed by atoms with Gasteiger partial charge in [0.2, 0.25) is 5.95 Å². The second kappa shape index (κ2) is 8.93. The molecule has 2 aliphatic rings. The fourth-order valence-electron chi connectivity index (χ4n) is 4.05. The van der Waals surface area contributed by atoms with Gasteiger partial charge in [0, 0.05) is 55.6 Å². The molecular formula is C22H22F3N7O2. The smallest absolute Gasteiger partial charge is 0.381 e. The number of aromatic nitrogens is 4. The van der Waals surface area contributed by atoms with Gasteiger partial charge in [0.05, 0.1) is 17.9 Å².